The molecule has 1 aliphatic rings. The highest BCUT2D eigenvalue weighted by molar-refractivity contribution is 7.81. The van der Waals surface area contributed by atoms with E-state index in [0.29, 0.717) is 5.75 Å². The third-order valence-electron chi connectivity index (χ3n) is 1.80. The first-order valence-corrected chi connectivity index (χ1v) is 5.09. The molecule has 0 atom stereocenters. The molecule has 0 spiro atoms. The van der Waals surface area contributed by atoms with E-state index in [9.17, 15) is 4.79 Å². The van der Waals surface area contributed by atoms with E-state index in [1.165, 1.54) is 39.3 Å². The van der Waals surface area contributed by atoms with Crippen molar-refractivity contribution in [3.05, 3.63) is 0 Å². The first-order valence-electron chi connectivity index (χ1n) is 4.45. The monoisotopic (exact) mass is 189 g/mol. The van der Waals surface area contributed by atoms with Gasteiger partial charge in [0.1, 0.15) is 5.78 Å². The fraction of sp³-hybridized carbons (Fsp3) is 0.889. The molecule has 1 aliphatic heterocycles. The van der Waals surface area contributed by atoms with Crippen molar-refractivity contribution in [3.8, 4) is 0 Å². The Hall–Kier alpha value is -0.0200. The number of ketones is 1. The lowest BCUT2D eigenvalue weighted by Crippen LogP contribution is -2.24. The van der Waals surface area contributed by atoms with Crippen LogP contribution >= 0.6 is 12.6 Å². The molecule has 1 fully saturated rings. The molecule has 2 nitrogen and oxygen atoms in total. The number of rotatable bonds is 1. The number of carbonyl (C=O) groups excluding carboxylic acids is 1. The summed E-state index contributed by atoms with van der Waals surface area (Å²) in [5.74, 6) is 0.480. The molecule has 1 heterocycles. The smallest absolute Gasteiger partial charge is 0.139 e. The third-order valence-corrected chi connectivity index (χ3v) is 2.25. The van der Waals surface area contributed by atoms with E-state index in [-0.39, 0.29) is 5.78 Å². The van der Waals surface area contributed by atoms with E-state index < -0.39 is 0 Å². The molecule has 0 amide bonds. The Bertz CT molecular complexity index is 122. The summed E-state index contributed by atoms with van der Waals surface area (Å²) < 4.78 is 0. The predicted octanol–water partition coefficient (Wildman–Crippen LogP) is 1.61. The summed E-state index contributed by atoms with van der Waals surface area (Å²) in [7, 11) is 2.19. The van der Waals surface area contributed by atoms with Gasteiger partial charge in [0, 0.05) is 5.75 Å². The van der Waals surface area contributed by atoms with Gasteiger partial charge in [0.15, 0.2) is 0 Å². The minimum atomic E-state index is 0.119. The molecule has 72 valence electrons. The number of thiol groups is 1. The van der Waals surface area contributed by atoms with E-state index in [0.717, 1.165) is 0 Å². The van der Waals surface area contributed by atoms with Gasteiger partial charge in [-0.3, -0.25) is 4.79 Å². The molecule has 0 bridgehead atoms. The van der Waals surface area contributed by atoms with Crippen LogP contribution in [0.1, 0.15) is 26.2 Å². The molecule has 0 N–H and O–H groups in total. The maximum Gasteiger partial charge on any atom is 0.139 e. The summed E-state index contributed by atoms with van der Waals surface area (Å²) in [6, 6.07) is 0. The topological polar surface area (TPSA) is 20.3 Å². The minimum Gasteiger partial charge on any atom is -0.306 e. The lowest BCUT2D eigenvalue weighted by molar-refractivity contribution is -0.114. The molecule has 0 aliphatic carbocycles. The molecule has 0 aromatic carbocycles. The van der Waals surface area contributed by atoms with Crippen LogP contribution in [0, 0.1) is 0 Å². The van der Waals surface area contributed by atoms with Crippen LogP contribution in [0.2, 0.25) is 0 Å². The van der Waals surface area contributed by atoms with Crippen LogP contribution in [0.5, 0.6) is 0 Å². The zero-order valence-electron chi connectivity index (χ0n) is 8.05. The first kappa shape index (κ1) is 12.0. The highest BCUT2D eigenvalue weighted by Gasteiger charge is 2.02. The van der Waals surface area contributed by atoms with Gasteiger partial charge in [0.05, 0.1) is 0 Å². The number of likely N-dealkylation sites (tertiary alicyclic amines) is 1. The highest BCUT2D eigenvalue weighted by atomic mass is 32.1. The van der Waals surface area contributed by atoms with Crippen LogP contribution in [0.4, 0.5) is 0 Å². The fourth-order valence-electron chi connectivity index (χ4n) is 1.05. The molecular weight excluding hydrogens is 170 g/mol. The van der Waals surface area contributed by atoms with Crippen molar-refractivity contribution < 1.29 is 4.79 Å². The largest absolute Gasteiger partial charge is 0.306 e. The van der Waals surface area contributed by atoms with Crippen LogP contribution in [-0.2, 0) is 4.79 Å². The number of Topliss-reactive ketones (excluding diaryl/α,β-unsaturated/α-hetero) is 1. The van der Waals surface area contributed by atoms with Crippen molar-refractivity contribution in [1.82, 2.24) is 4.90 Å². The van der Waals surface area contributed by atoms with Gasteiger partial charge in [-0.05, 0) is 39.9 Å². The molecular formula is C9H19NOS. The maximum atomic E-state index is 9.74. The molecule has 0 aromatic rings. The van der Waals surface area contributed by atoms with Gasteiger partial charge in [-0.15, -0.1) is 0 Å². The van der Waals surface area contributed by atoms with Crippen molar-refractivity contribution in [2.75, 3.05) is 25.9 Å². The lowest BCUT2D eigenvalue weighted by Gasteiger charge is -2.20. The molecule has 0 aromatic heterocycles. The zero-order valence-corrected chi connectivity index (χ0v) is 8.94. The minimum absolute atomic E-state index is 0.119. The average molecular weight is 189 g/mol. The summed E-state index contributed by atoms with van der Waals surface area (Å²) in [6.45, 7) is 4.15. The normalized spacial score (nSPS) is 17.9. The van der Waals surface area contributed by atoms with E-state index in [4.69, 9.17) is 0 Å². The van der Waals surface area contributed by atoms with Gasteiger partial charge in [-0.2, -0.15) is 12.6 Å². The third kappa shape index (κ3) is 8.08. The van der Waals surface area contributed by atoms with Crippen molar-refractivity contribution >= 4 is 18.4 Å². The van der Waals surface area contributed by atoms with Crippen LogP contribution in [0.3, 0.4) is 0 Å². The van der Waals surface area contributed by atoms with Crippen molar-refractivity contribution in [2.24, 2.45) is 0 Å². The molecule has 0 unspecified atom stereocenters. The van der Waals surface area contributed by atoms with Crippen molar-refractivity contribution in [3.63, 3.8) is 0 Å². The second-order valence-electron chi connectivity index (χ2n) is 3.22. The van der Waals surface area contributed by atoms with Gasteiger partial charge in [0.2, 0.25) is 0 Å². The second-order valence-corrected chi connectivity index (χ2v) is 3.54. The van der Waals surface area contributed by atoms with Crippen LogP contribution in [0.15, 0.2) is 0 Å². The number of hydrogen-bond acceptors (Lipinski definition) is 3. The van der Waals surface area contributed by atoms with Crippen molar-refractivity contribution in [1.29, 1.82) is 0 Å². The SMILES string of the molecule is CC(=O)CS.CN1CCCCC1. The van der Waals surface area contributed by atoms with Crippen LogP contribution in [0.25, 0.3) is 0 Å². The van der Waals surface area contributed by atoms with Gasteiger partial charge in [-0.25, -0.2) is 0 Å². The fourth-order valence-corrected chi connectivity index (χ4v) is 1.05. The Labute approximate surface area is 80.7 Å². The summed E-state index contributed by atoms with van der Waals surface area (Å²) in [4.78, 5) is 12.1. The Morgan fingerprint density at radius 1 is 1.33 bits per heavy atom. The summed E-state index contributed by atoms with van der Waals surface area (Å²) in [5, 5.41) is 0. The zero-order chi connectivity index (χ0) is 9.40. The Kier molecular flexibility index (Phi) is 7.61. The molecule has 0 saturated carbocycles. The van der Waals surface area contributed by atoms with Gasteiger partial charge < -0.3 is 4.90 Å². The Morgan fingerprint density at radius 3 is 1.92 bits per heavy atom. The number of piperidine rings is 1. The maximum absolute atomic E-state index is 9.74. The molecule has 1 rings (SSSR count). The molecule has 1 saturated heterocycles. The molecule has 3 heteroatoms. The summed E-state index contributed by atoms with van der Waals surface area (Å²) in [5.41, 5.74) is 0. The number of carbonyl (C=O) groups is 1. The van der Waals surface area contributed by atoms with Gasteiger partial charge >= 0.3 is 0 Å². The Morgan fingerprint density at radius 2 is 1.75 bits per heavy atom. The average Bonchev–Trinajstić information content (AvgIpc) is 2.07. The number of hydrogen-bond donors (Lipinski definition) is 1. The molecule has 12 heavy (non-hydrogen) atoms. The standard InChI is InChI=1S/C6H13N.C3H6OS/c1-7-5-3-2-4-6-7;1-3(4)2-5/h2-6H2,1H3;5H,2H2,1H3. The number of nitrogens with zero attached hydrogens (tertiary/aromatic N) is 1. The van der Waals surface area contributed by atoms with E-state index in [2.05, 4.69) is 24.6 Å². The van der Waals surface area contributed by atoms with Crippen LogP contribution < -0.4 is 0 Å². The first-order chi connectivity index (χ1) is 5.66. The van der Waals surface area contributed by atoms with E-state index in [1.54, 1.807) is 0 Å². The van der Waals surface area contributed by atoms with Crippen molar-refractivity contribution in [2.45, 2.75) is 26.2 Å². The second kappa shape index (κ2) is 7.62. The predicted molar refractivity (Wildman–Crippen MR) is 55.9 cm³/mol. The lowest BCUT2D eigenvalue weighted by atomic mass is 10.1. The summed E-state index contributed by atoms with van der Waals surface area (Å²) in [6.07, 6.45) is 4.28. The van der Waals surface area contributed by atoms with Gasteiger partial charge in [-0.1, -0.05) is 6.42 Å². The van der Waals surface area contributed by atoms with E-state index in [1.807, 2.05) is 0 Å². The quantitative estimate of drug-likeness (QED) is 0.632. The Balaban J connectivity index is 0.000000217. The molecule has 0 radical (unpaired) electrons. The van der Waals surface area contributed by atoms with Gasteiger partial charge in [0.25, 0.3) is 0 Å². The van der Waals surface area contributed by atoms with E-state index >= 15 is 0 Å². The summed E-state index contributed by atoms with van der Waals surface area (Å²) >= 11 is 3.67. The highest BCUT2D eigenvalue weighted by Crippen LogP contribution is 2.04. The van der Waals surface area contributed by atoms with Crippen LogP contribution in [-0.4, -0.2) is 36.6 Å².